The van der Waals surface area contributed by atoms with E-state index >= 15 is 0 Å². The molecule has 0 aliphatic heterocycles. The van der Waals surface area contributed by atoms with Crippen molar-refractivity contribution in [3.05, 3.63) is 30.0 Å². The zero-order valence-corrected chi connectivity index (χ0v) is 9.19. The number of nitrogens with zero attached hydrogens (tertiary/aromatic N) is 1. The fourth-order valence-electron chi connectivity index (χ4n) is 1.78. The molecular weight excluding hydrogens is 206 g/mol. The first kappa shape index (κ1) is 10.5. The molecule has 2 aromatic rings. The molecule has 84 valence electrons. The van der Waals surface area contributed by atoms with E-state index in [1.165, 1.54) is 0 Å². The molecule has 4 heteroatoms. The number of fused-ring (bicyclic) bond motifs is 1. The van der Waals surface area contributed by atoms with Gasteiger partial charge in [0.2, 0.25) is 0 Å². The van der Waals surface area contributed by atoms with E-state index in [1.807, 2.05) is 25.1 Å². The number of aromatic nitrogens is 1. The van der Waals surface area contributed by atoms with Crippen molar-refractivity contribution in [2.75, 3.05) is 6.61 Å². The van der Waals surface area contributed by atoms with Crippen molar-refractivity contribution in [3.8, 4) is 5.75 Å². The lowest BCUT2D eigenvalue weighted by Gasteiger charge is -2.05. The number of benzene rings is 1. The van der Waals surface area contributed by atoms with Crippen molar-refractivity contribution < 1.29 is 14.6 Å². The van der Waals surface area contributed by atoms with E-state index in [2.05, 4.69) is 0 Å². The van der Waals surface area contributed by atoms with Gasteiger partial charge in [-0.3, -0.25) is 0 Å². The molecule has 1 aromatic heterocycles. The van der Waals surface area contributed by atoms with E-state index in [-0.39, 0.29) is 5.69 Å². The topological polar surface area (TPSA) is 54.3 Å². The van der Waals surface area contributed by atoms with Gasteiger partial charge in [-0.1, -0.05) is 0 Å². The maximum atomic E-state index is 10.8. The number of carboxylic acid groups (broad SMARTS) is 1. The lowest BCUT2D eigenvalue weighted by molar-refractivity contribution is -0.255. The summed E-state index contributed by atoms with van der Waals surface area (Å²) in [5.74, 6) is -0.429. The highest BCUT2D eigenvalue weighted by molar-refractivity contribution is 5.94. The smallest absolute Gasteiger partial charge is 0.120 e. The second-order valence-corrected chi connectivity index (χ2v) is 3.53. The monoisotopic (exact) mass is 218 g/mol. The van der Waals surface area contributed by atoms with Crippen molar-refractivity contribution >= 4 is 16.9 Å². The average molecular weight is 218 g/mol. The average Bonchev–Trinajstić information content (AvgIpc) is 2.56. The van der Waals surface area contributed by atoms with Gasteiger partial charge in [-0.05, 0) is 31.2 Å². The van der Waals surface area contributed by atoms with Gasteiger partial charge in [0, 0.05) is 18.0 Å². The molecular formula is C12H12NO3-. The molecule has 0 N–H and O–H groups in total. The van der Waals surface area contributed by atoms with Gasteiger partial charge in [-0.2, -0.15) is 0 Å². The Morgan fingerprint density at radius 1 is 1.44 bits per heavy atom. The first-order chi connectivity index (χ1) is 7.63. The van der Waals surface area contributed by atoms with Crippen LogP contribution in [-0.4, -0.2) is 17.1 Å². The number of rotatable bonds is 3. The Labute approximate surface area is 93.1 Å². The molecule has 0 radical (unpaired) electrons. The molecule has 0 saturated heterocycles. The van der Waals surface area contributed by atoms with Crippen LogP contribution in [0.2, 0.25) is 0 Å². The number of carbonyl (C=O) groups is 1. The van der Waals surface area contributed by atoms with Gasteiger partial charge in [0.05, 0.1) is 18.3 Å². The van der Waals surface area contributed by atoms with E-state index in [9.17, 15) is 9.90 Å². The Morgan fingerprint density at radius 3 is 2.81 bits per heavy atom. The standard InChI is InChI=1S/C12H13NO3/c1-3-16-9-4-5-10-8(6-9)7-11(12(14)15)13(10)2/h4-7H,3H2,1-2H3,(H,14,15)/p-1. The Morgan fingerprint density at radius 2 is 2.19 bits per heavy atom. The van der Waals surface area contributed by atoms with Gasteiger partial charge < -0.3 is 19.2 Å². The van der Waals surface area contributed by atoms with Crippen LogP contribution >= 0.6 is 0 Å². The minimum absolute atomic E-state index is 0.170. The number of aryl methyl sites for hydroxylation is 1. The molecule has 0 aliphatic carbocycles. The summed E-state index contributed by atoms with van der Waals surface area (Å²) in [7, 11) is 1.70. The van der Waals surface area contributed by atoms with Crippen LogP contribution in [0.4, 0.5) is 0 Å². The number of hydrogen-bond acceptors (Lipinski definition) is 3. The van der Waals surface area contributed by atoms with Crippen LogP contribution in [0.1, 0.15) is 17.4 Å². The second-order valence-electron chi connectivity index (χ2n) is 3.53. The van der Waals surface area contributed by atoms with Crippen LogP contribution in [0.3, 0.4) is 0 Å². The third kappa shape index (κ3) is 1.62. The van der Waals surface area contributed by atoms with Crippen LogP contribution in [0, 0.1) is 0 Å². The highest BCUT2D eigenvalue weighted by Crippen LogP contribution is 2.23. The molecule has 0 bridgehead atoms. The molecule has 0 fully saturated rings. The molecule has 0 spiro atoms. The Bertz CT molecular complexity index is 542. The van der Waals surface area contributed by atoms with Crippen LogP contribution in [0.15, 0.2) is 24.3 Å². The summed E-state index contributed by atoms with van der Waals surface area (Å²) < 4.78 is 6.95. The first-order valence-corrected chi connectivity index (χ1v) is 5.07. The van der Waals surface area contributed by atoms with E-state index in [0.29, 0.717) is 6.61 Å². The maximum absolute atomic E-state index is 10.8. The lowest BCUT2D eigenvalue weighted by atomic mass is 10.2. The van der Waals surface area contributed by atoms with Crippen LogP contribution in [0.25, 0.3) is 10.9 Å². The normalized spacial score (nSPS) is 10.6. The highest BCUT2D eigenvalue weighted by Gasteiger charge is 2.07. The molecule has 0 atom stereocenters. The predicted octanol–water partition coefficient (Wildman–Crippen LogP) is 0.940. The van der Waals surface area contributed by atoms with Crippen molar-refractivity contribution in [1.82, 2.24) is 4.57 Å². The molecule has 0 amide bonds. The van der Waals surface area contributed by atoms with Crippen molar-refractivity contribution in [2.24, 2.45) is 7.05 Å². The Hall–Kier alpha value is -1.97. The van der Waals surface area contributed by atoms with E-state index in [4.69, 9.17) is 4.74 Å². The summed E-state index contributed by atoms with van der Waals surface area (Å²) in [6.07, 6.45) is 0. The number of hydrogen-bond donors (Lipinski definition) is 0. The van der Waals surface area contributed by atoms with Crippen molar-refractivity contribution in [1.29, 1.82) is 0 Å². The maximum Gasteiger partial charge on any atom is 0.120 e. The van der Waals surface area contributed by atoms with Gasteiger partial charge in [-0.15, -0.1) is 0 Å². The van der Waals surface area contributed by atoms with E-state index in [1.54, 1.807) is 17.7 Å². The first-order valence-electron chi connectivity index (χ1n) is 5.07. The molecule has 1 aromatic carbocycles. The van der Waals surface area contributed by atoms with Crippen LogP contribution in [0.5, 0.6) is 5.75 Å². The molecule has 1 heterocycles. The second kappa shape index (κ2) is 3.89. The summed E-state index contributed by atoms with van der Waals surface area (Å²) in [6, 6.07) is 7.08. The quantitative estimate of drug-likeness (QED) is 0.770. The highest BCUT2D eigenvalue weighted by atomic mass is 16.5. The molecule has 0 unspecified atom stereocenters. The van der Waals surface area contributed by atoms with Gasteiger partial charge >= 0.3 is 0 Å². The fourth-order valence-corrected chi connectivity index (χ4v) is 1.78. The third-order valence-electron chi connectivity index (χ3n) is 2.53. The SMILES string of the molecule is CCOc1ccc2c(c1)cc(C(=O)[O-])n2C. The fraction of sp³-hybridized carbons (Fsp3) is 0.250. The minimum atomic E-state index is -1.17. The van der Waals surface area contributed by atoms with Gasteiger partial charge in [0.15, 0.2) is 0 Å². The van der Waals surface area contributed by atoms with Crippen molar-refractivity contribution in [3.63, 3.8) is 0 Å². The molecule has 4 nitrogen and oxygen atoms in total. The molecule has 2 rings (SSSR count). The number of carboxylic acids is 1. The Balaban J connectivity index is 2.58. The lowest BCUT2D eigenvalue weighted by Crippen LogP contribution is -2.24. The van der Waals surface area contributed by atoms with E-state index in [0.717, 1.165) is 16.7 Å². The third-order valence-corrected chi connectivity index (χ3v) is 2.53. The predicted molar refractivity (Wildman–Crippen MR) is 58.4 cm³/mol. The van der Waals surface area contributed by atoms with Gasteiger partial charge in [0.1, 0.15) is 5.75 Å². The van der Waals surface area contributed by atoms with E-state index < -0.39 is 5.97 Å². The Kier molecular flexibility index (Phi) is 2.56. The summed E-state index contributed by atoms with van der Waals surface area (Å²) in [6.45, 7) is 2.49. The van der Waals surface area contributed by atoms with Crippen LogP contribution in [-0.2, 0) is 7.05 Å². The van der Waals surface area contributed by atoms with Crippen molar-refractivity contribution in [2.45, 2.75) is 6.92 Å². The molecule has 0 aliphatic rings. The number of aromatic carboxylic acids is 1. The summed E-state index contributed by atoms with van der Waals surface area (Å²) in [5.41, 5.74) is 1.02. The number of carbonyl (C=O) groups excluding carboxylic acids is 1. The summed E-state index contributed by atoms with van der Waals surface area (Å²) in [4.78, 5) is 10.8. The molecule has 16 heavy (non-hydrogen) atoms. The molecule has 0 saturated carbocycles. The zero-order chi connectivity index (χ0) is 11.7. The summed E-state index contributed by atoms with van der Waals surface area (Å²) >= 11 is 0. The number of ether oxygens (including phenoxy) is 1. The van der Waals surface area contributed by atoms with Gasteiger partial charge in [0.25, 0.3) is 0 Å². The van der Waals surface area contributed by atoms with Gasteiger partial charge in [-0.25, -0.2) is 0 Å². The largest absolute Gasteiger partial charge is 0.543 e. The van der Waals surface area contributed by atoms with Crippen LogP contribution < -0.4 is 9.84 Å². The minimum Gasteiger partial charge on any atom is -0.543 e. The summed E-state index contributed by atoms with van der Waals surface area (Å²) in [5, 5.41) is 11.7. The zero-order valence-electron chi connectivity index (χ0n) is 9.19.